The Morgan fingerprint density at radius 3 is 3.06 bits per heavy atom. The van der Waals surface area contributed by atoms with Gasteiger partial charge in [-0.3, -0.25) is 0 Å². The van der Waals surface area contributed by atoms with Gasteiger partial charge in [0, 0.05) is 12.4 Å². The summed E-state index contributed by atoms with van der Waals surface area (Å²) < 4.78 is 6.35. The number of rotatable bonds is 3. The van der Waals surface area contributed by atoms with E-state index >= 15 is 0 Å². The Bertz CT molecular complexity index is 577. The molecule has 0 amide bonds. The van der Waals surface area contributed by atoms with Crippen LogP contribution in [0.15, 0.2) is 24.7 Å². The molecule has 0 aromatic carbocycles. The molecule has 18 heavy (non-hydrogen) atoms. The van der Waals surface area contributed by atoms with Crippen LogP contribution >= 0.6 is 0 Å². The molecule has 6 heteroatoms. The molecule has 0 fully saturated rings. The Balaban J connectivity index is 2.35. The zero-order chi connectivity index (χ0) is 13.1. The maximum Gasteiger partial charge on any atom is 0.341 e. The van der Waals surface area contributed by atoms with Gasteiger partial charge < -0.3 is 10.5 Å². The SMILES string of the molecule is CCOC(=O)c1cnn(-c2nccc(C)c2N)c1. The first-order valence-corrected chi connectivity index (χ1v) is 5.56. The maximum absolute atomic E-state index is 11.5. The second-order valence-electron chi connectivity index (χ2n) is 3.76. The van der Waals surface area contributed by atoms with Crippen LogP contribution in [-0.4, -0.2) is 27.3 Å². The van der Waals surface area contributed by atoms with Gasteiger partial charge in [0.15, 0.2) is 5.82 Å². The van der Waals surface area contributed by atoms with Crippen LogP contribution in [0.3, 0.4) is 0 Å². The number of hydrogen-bond donors (Lipinski definition) is 1. The Morgan fingerprint density at radius 1 is 1.56 bits per heavy atom. The van der Waals surface area contributed by atoms with E-state index in [2.05, 4.69) is 10.1 Å². The fourth-order valence-electron chi connectivity index (χ4n) is 1.50. The van der Waals surface area contributed by atoms with E-state index < -0.39 is 5.97 Å². The van der Waals surface area contributed by atoms with Gasteiger partial charge in [0.25, 0.3) is 0 Å². The second kappa shape index (κ2) is 4.87. The molecule has 2 aromatic heterocycles. The first-order valence-electron chi connectivity index (χ1n) is 5.56. The first kappa shape index (κ1) is 12.1. The van der Waals surface area contributed by atoms with Gasteiger partial charge in [-0.1, -0.05) is 0 Å². The summed E-state index contributed by atoms with van der Waals surface area (Å²) in [6, 6.07) is 1.81. The van der Waals surface area contributed by atoms with Crippen LogP contribution in [0.25, 0.3) is 5.82 Å². The molecule has 0 unspecified atom stereocenters. The molecule has 0 aliphatic heterocycles. The fraction of sp³-hybridized carbons (Fsp3) is 0.250. The summed E-state index contributed by atoms with van der Waals surface area (Å²) in [7, 11) is 0. The van der Waals surface area contributed by atoms with Crippen LogP contribution in [0.1, 0.15) is 22.8 Å². The van der Waals surface area contributed by atoms with Crippen molar-refractivity contribution in [2.24, 2.45) is 0 Å². The lowest BCUT2D eigenvalue weighted by Crippen LogP contribution is -2.05. The van der Waals surface area contributed by atoms with E-state index in [1.54, 1.807) is 19.3 Å². The zero-order valence-electron chi connectivity index (χ0n) is 10.3. The van der Waals surface area contributed by atoms with E-state index in [1.807, 2.05) is 13.0 Å². The highest BCUT2D eigenvalue weighted by atomic mass is 16.5. The summed E-state index contributed by atoms with van der Waals surface area (Å²) in [5.74, 6) is 0.0977. The zero-order valence-corrected chi connectivity index (χ0v) is 10.3. The topological polar surface area (TPSA) is 83.0 Å². The van der Waals surface area contributed by atoms with Gasteiger partial charge in [0.2, 0.25) is 0 Å². The highest BCUT2D eigenvalue weighted by molar-refractivity contribution is 5.88. The molecule has 2 aromatic rings. The minimum atomic E-state index is -0.407. The van der Waals surface area contributed by atoms with Crippen molar-refractivity contribution in [2.75, 3.05) is 12.3 Å². The Hall–Kier alpha value is -2.37. The minimum absolute atomic E-state index is 0.328. The van der Waals surface area contributed by atoms with Gasteiger partial charge in [-0.2, -0.15) is 5.10 Å². The van der Waals surface area contributed by atoms with Crippen LogP contribution in [-0.2, 0) is 4.74 Å². The van der Waals surface area contributed by atoms with Gasteiger partial charge in [-0.05, 0) is 25.5 Å². The number of aryl methyl sites for hydroxylation is 1. The monoisotopic (exact) mass is 246 g/mol. The number of nitrogens with zero attached hydrogens (tertiary/aromatic N) is 3. The summed E-state index contributed by atoms with van der Waals surface area (Å²) in [5.41, 5.74) is 7.74. The molecule has 2 heterocycles. The highest BCUT2D eigenvalue weighted by Crippen LogP contribution is 2.17. The molecule has 2 rings (SSSR count). The van der Waals surface area contributed by atoms with Crippen LogP contribution < -0.4 is 5.73 Å². The van der Waals surface area contributed by atoms with Crippen molar-refractivity contribution >= 4 is 11.7 Å². The number of nitrogens with two attached hydrogens (primary N) is 1. The number of carbonyl (C=O) groups is 1. The lowest BCUT2D eigenvalue weighted by molar-refractivity contribution is 0.0526. The number of aromatic nitrogens is 3. The predicted octanol–water partition coefficient (Wildman–Crippen LogP) is 1.33. The summed E-state index contributed by atoms with van der Waals surface area (Å²) in [6.07, 6.45) is 4.63. The van der Waals surface area contributed by atoms with Gasteiger partial charge >= 0.3 is 5.97 Å². The molecule has 0 aliphatic carbocycles. The first-order chi connectivity index (χ1) is 8.63. The summed E-state index contributed by atoms with van der Waals surface area (Å²) in [6.45, 7) is 3.97. The molecular weight excluding hydrogens is 232 g/mol. The van der Waals surface area contributed by atoms with E-state index in [0.717, 1.165) is 5.56 Å². The largest absolute Gasteiger partial charge is 0.462 e. The van der Waals surface area contributed by atoms with Gasteiger partial charge in [0.1, 0.15) is 0 Å². The van der Waals surface area contributed by atoms with Gasteiger partial charge in [-0.15, -0.1) is 0 Å². The number of carbonyl (C=O) groups excluding carboxylic acids is 1. The van der Waals surface area contributed by atoms with Crippen LogP contribution in [0.4, 0.5) is 5.69 Å². The normalized spacial score (nSPS) is 10.3. The third-order valence-corrected chi connectivity index (χ3v) is 2.50. The standard InChI is InChI=1S/C12H14N4O2/c1-3-18-12(17)9-6-15-16(7-9)11-10(13)8(2)4-5-14-11/h4-7H,3,13H2,1-2H3. The maximum atomic E-state index is 11.5. The number of ether oxygens (including phenoxy) is 1. The molecule has 0 spiro atoms. The van der Waals surface area contributed by atoms with Crippen molar-refractivity contribution in [3.05, 3.63) is 35.8 Å². The molecule has 0 saturated carbocycles. The van der Waals surface area contributed by atoms with Gasteiger partial charge in [-0.25, -0.2) is 14.5 Å². The number of pyridine rings is 1. The molecule has 0 saturated heterocycles. The molecule has 6 nitrogen and oxygen atoms in total. The average Bonchev–Trinajstić information content (AvgIpc) is 2.82. The second-order valence-corrected chi connectivity index (χ2v) is 3.76. The third kappa shape index (κ3) is 2.17. The third-order valence-electron chi connectivity index (χ3n) is 2.50. The van der Waals surface area contributed by atoms with Crippen LogP contribution in [0.5, 0.6) is 0 Å². The molecule has 0 radical (unpaired) electrons. The lowest BCUT2D eigenvalue weighted by Gasteiger charge is -2.06. The summed E-state index contributed by atoms with van der Waals surface area (Å²) in [4.78, 5) is 15.7. The summed E-state index contributed by atoms with van der Waals surface area (Å²) >= 11 is 0. The van der Waals surface area contributed by atoms with E-state index in [0.29, 0.717) is 23.7 Å². The van der Waals surface area contributed by atoms with E-state index in [1.165, 1.54) is 10.9 Å². The summed E-state index contributed by atoms with van der Waals surface area (Å²) in [5, 5.41) is 4.07. The minimum Gasteiger partial charge on any atom is -0.462 e. The Labute approximate surface area is 104 Å². The Kier molecular flexibility index (Phi) is 3.27. The fourth-order valence-corrected chi connectivity index (χ4v) is 1.50. The Morgan fingerprint density at radius 2 is 2.33 bits per heavy atom. The van der Waals surface area contributed by atoms with Crippen molar-refractivity contribution in [3.63, 3.8) is 0 Å². The highest BCUT2D eigenvalue weighted by Gasteiger charge is 2.12. The van der Waals surface area contributed by atoms with Crippen LogP contribution in [0.2, 0.25) is 0 Å². The predicted molar refractivity (Wildman–Crippen MR) is 66.5 cm³/mol. The number of hydrogen-bond acceptors (Lipinski definition) is 5. The van der Waals surface area contributed by atoms with E-state index in [-0.39, 0.29) is 0 Å². The lowest BCUT2D eigenvalue weighted by atomic mass is 10.2. The number of esters is 1. The number of nitrogen functional groups attached to an aromatic ring is 1. The molecule has 0 atom stereocenters. The average molecular weight is 246 g/mol. The molecule has 0 bridgehead atoms. The van der Waals surface area contributed by atoms with Crippen molar-refractivity contribution in [1.82, 2.24) is 14.8 Å². The van der Waals surface area contributed by atoms with E-state index in [9.17, 15) is 4.79 Å². The molecule has 94 valence electrons. The van der Waals surface area contributed by atoms with Crippen LogP contribution in [0, 0.1) is 6.92 Å². The molecular formula is C12H14N4O2. The van der Waals surface area contributed by atoms with E-state index in [4.69, 9.17) is 10.5 Å². The quantitative estimate of drug-likeness (QED) is 0.826. The number of anilines is 1. The van der Waals surface area contributed by atoms with Crippen molar-refractivity contribution in [2.45, 2.75) is 13.8 Å². The van der Waals surface area contributed by atoms with Crippen molar-refractivity contribution < 1.29 is 9.53 Å². The molecule has 2 N–H and O–H groups in total. The van der Waals surface area contributed by atoms with Crippen molar-refractivity contribution in [3.8, 4) is 5.82 Å². The smallest absolute Gasteiger partial charge is 0.341 e. The van der Waals surface area contributed by atoms with Crippen molar-refractivity contribution in [1.29, 1.82) is 0 Å². The van der Waals surface area contributed by atoms with Gasteiger partial charge in [0.05, 0.1) is 24.1 Å². The molecule has 0 aliphatic rings.